The number of nitrogens with one attached hydrogen (secondary N) is 2. The molecule has 1 aromatic heterocycles. The van der Waals surface area contributed by atoms with Gasteiger partial charge in [-0.05, 0) is 6.07 Å². The molecule has 0 radical (unpaired) electrons. The first-order valence-electron chi connectivity index (χ1n) is 8.53. The summed E-state index contributed by atoms with van der Waals surface area (Å²) in [6.07, 6.45) is 0.865. The van der Waals surface area contributed by atoms with Crippen LogP contribution in [-0.4, -0.2) is 62.7 Å². The Kier molecular flexibility index (Phi) is 6.28. The molecule has 0 spiro atoms. The molecule has 0 saturated carbocycles. The van der Waals surface area contributed by atoms with E-state index in [9.17, 15) is 28.1 Å². The summed E-state index contributed by atoms with van der Waals surface area (Å²) in [6, 6.07) is 2.76. The number of hydrazine groups is 1. The van der Waals surface area contributed by atoms with Crippen LogP contribution in [0.1, 0.15) is 20.8 Å². The first kappa shape index (κ1) is 21.6. The number of nitro benzene ring substituents is 1. The summed E-state index contributed by atoms with van der Waals surface area (Å²) in [5, 5.41) is 13.2. The van der Waals surface area contributed by atoms with Gasteiger partial charge in [0.25, 0.3) is 17.5 Å². The van der Waals surface area contributed by atoms with Crippen LogP contribution in [0.4, 0.5) is 10.8 Å². The van der Waals surface area contributed by atoms with Crippen LogP contribution in [0, 0.1) is 10.1 Å². The highest BCUT2D eigenvalue weighted by atomic mass is 32.2. The topological polar surface area (TPSA) is 161 Å². The second kappa shape index (κ2) is 8.73. The fourth-order valence-electron chi connectivity index (χ4n) is 2.55. The maximum atomic E-state index is 12.3. The standard InChI is InChI=1S/C16H17N5O7S2/c1-30(26,27)12-7-10(6-11(8-12)21(24)25)14(22)18-19-15(23)13-9-29-16(17-13)20-2-4-28-5-3-20/h6-9H,2-5H2,1H3,(H,18,22)(H,19,23). The molecule has 160 valence electrons. The predicted molar refractivity (Wildman–Crippen MR) is 106 cm³/mol. The van der Waals surface area contributed by atoms with Crippen LogP contribution in [-0.2, 0) is 14.6 Å². The lowest BCUT2D eigenvalue weighted by molar-refractivity contribution is -0.385. The van der Waals surface area contributed by atoms with Gasteiger partial charge >= 0.3 is 0 Å². The minimum absolute atomic E-state index is 0.0812. The van der Waals surface area contributed by atoms with Gasteiger partial charge in [0.05, 0.1) is 23.0 Å². The van der Waals surface area contributed by atoms with Crippen LogP contribution in [0.5, 0.6) is 0 Å². The molecular formula is C16H17N5O7S2. The highest BCUT2D eigenvalue weighted by Gasteiger charge is 2.21. The Balaban J connectivity index is 1.69. The molecule has 2 amide bonds. The number of nitro groups is 1. The SMILES string of the molecule is CS(=O)(=O)c1cc(C(=O)NNC(=O)c2csc(N3CCOCC3)n2)cc([N+](=O)[O-])c1. The Morgan fingerprint density at radius 1 is 1.20 bits per heavy atom. The Labute approximate surface area is 174 Å². The van der Waals surface area contributed by atoms with Gasteiger partial charge in [-0.1, -0.05) is 0 Å². The van der Waals surface area contributed by atoms with Crippen molar-refractivity contribution >= 4 is 43.8 Å². The van der Waals surface area contributed by atoms with Gasteiger partial charge in [0.15, 0.2) is 15.0 Å². The van der Waals surface area contributed by atoms with E-state index in [1.807, 2.05) is 4.90 Å². The molecule has 2 N–H and O–H groups in total. The zero-order valence-electron chi connectivity index (χ0n) is 15.7. The van der Waals surface area contributed by atoms with E-state index in [0.717, 1.165) is 24.5 Å². The Hall–Kier alpha value is -3.10. The maximum absolute atomic E-state index is 12.3. The average Bonchev–Trinajstić information content (AvgIpc) is 3.22. The van der Waals surface area contributed by atoms with E-state index in [0.29, 0.717) is 31.4 Å². The fraction of sp³-hybridized carbons (Fsp3) is 0.312. The maximum Gasteiger partial charge on any atom is 0.289 e. The molecule has 1 aromatic carbocycles. The minimum Gasteiger partial charge on any atom is -0.378 e. The number of thiazole rings is 1. The number of sulfone groups is 1. The monoisotopic (exact) mass is 455 g/mol. The number of carbonyl (C=O) groups is 2. The van der Waals surface area contributed by atoms with E-state index in [1.54, 1.807) is 0 Å². The van der Waals surface area contributed by atoms with Crippen LogP contribution >= 0.6 is 11.3 Å². The molecule has 2 heterocycles. The number of amides is 2. The van der Waals surface area contributed by atoms with Crippen LogP contribution in [0.3, 0.4) is 0 Å². The van der Waals surface area contributed by atoms with Gasteiger partial charge in [-0.25, -0.2) is 13.4 Å². The van der Waals surface area contributed by atoms with Gasteiger partial charge in [0.1, 0.15) is 5.69 Å². The normalized spacial score (nSPS) is 14.2. The lowest BCUT2D eigenvalue weighted by atomic mass is 10.2. The summed E-state index contributed by atoms with van der Waals surface area (Å²) in [4.78, 5) is 40.6. The van der Waals surface area contributed by atoms with E-state index in [4.69, 9.17) is 4.74 Å². The lowest BCUT2D eigenvalue weighted by Crippen LogP contribution is -2.42. The lowest BCUT2D eigenvalue weighted by Gasteiger charge is -2.25. The summed E-state index contributed by atoms with van der Waals surface area (Å²) in [6.45, 7) is 2.44. The number of ether oxygens (including phenoxy) is 1. The third-order valence-electron chi connectivity index (χ3n) is 4.09. The van der Waals surface area contributed by atoms with Gasteiger partial charge in [-0.2, -0.15) is 0 Å². The van der Waals surface area contributed by atoms with Crippen LogP contribution < -0.4 is 15.8 Å². The summed E-state index contributed by atoms with van der Waals surface area (Å²) in [5.74, 6) is -1.60. The van der Waals surface area contributed by atoms with Crippen molar-refractivity contribution in [1.29, 1.82) is 0 Å². The molecule has 3 rings (SSSR count). The summed E-state index contributed by atoms with van der Waals surface area (Å²) in [5.41, 5.74) is 3.49. The number of nitrogens with zero attached hydrogens (tertiary/aromatic N) is 3. The van der Waals surface area contributed by atoms with Crippen LogP contribution in [0.25, 0.3) is 0 Å². The number of non-ortho nitro benzene ring substituents is 1. The molecule has 12 nitrogen and oxygen atoms in total. The van der Waals surface area contributed by atoms with Crippen molar-refractivity contribution in [2.45, 2.75) is 4.90 Å². The van der Waals surface area contributed by atoms with Gasteiger partial charge in [-0.3, -0.25) is 30.6 Å². The van der Waals surface area contributed by atoms with Crippen LogP contribution in [0.2, 0.25) is 0 Å². The molecule has 1 saturated heterocycles. The minimum atomic E-state index is -3.79. The molecule has 1 fully saturated rings. The molecule has 0 unspecified atom stereocenters. The number of aromatic nitrogens is 1. The highest BCUT2D eigenvalue weighted by Crippen LogP contribution is 2.22. The molecule has 14 heteroatoms. The quantitative estimate of drug-likeness (QED) is 0.479. The molecular weight excluding hydrogens is 438 g/mol. The third kappa shape index (κ3) is 5.08. The van der Waals surface area contributed by atoms with Crippen molar-refractivity contribution in [3.63, 3.8) is 0 Å². The smallest absolute Gasteiger partial charge is 0.289 e. The second-order valence-electron chi connectivity index (χ2n) is 6.27. The third-order valence-corrected chi connectivity index (χ3v) is 6.08. The highest BCUT2D eigenvalue weighted by molar-refractivity contribution is 7.90. The van der Waals surface area contributed by atoms with Crippen LogP contribution in [0.15, 0.2) is 28.5 Å². The largest absolute Gasteiger partial charge is 0.378 e. The van der Waals surface area contributed by atoms with E-state index < -0.39 is 32.3 Å². The first-order chi connectivity index (χ1) is 14.1. The number of hydrogen-bond donors (Lipinski definition) is 2. The van der Waals surface area contributed by atoms with E-state index in [-0.39, 0.29) is 16.2 Å². The Morgan fingerprint density at radius 3 is 2.50 bits per heavy atom. The Morgan fingerprint density at radius 2 is 1.87 bits per heavy atom. The molecule has 1 aliphatic rings. The van der Waals surface area contributed by atoms with Gasteiger partial charge < -0.3 is 9.64 Å². The number of hydrogen-bond acceptors (Lipinski definition) is 10. The van der Waals surface area contributed by atoms with E-state index in [2.05, 4.69) is 15.8 Å². The summed E-state index contributed by atoms with van der Waals surface area (Å²) < 4.78 is 28.7. The van der Waals surface area contributed by atoms with E-state index in [1.165, 1.54) is 16.7 Å². The van der Waals surface area contributed by atoms with Gasteiger partial charge in [0, 0.05) is 42.4 Å². The number of carbonyl (C=O) groups excluding carboxylic acids is 2. The Bertz CT molecular complexity index is 1090. The number of benzene rings is 1. The first-order valence-corrected chi connectivity index (χ1v) is 11.3. The van der Waals surface area contributed by atoms with Crippen molar-refractivity contribution in [2.24, 2.45) is 0 Å². The van der Waals surface area contributed by atoms with E-state index >= 15 is 0 Å². The molecule has 1 aliphatic heterocycles. The van der Waals surface area contributed by atoms with Crippen molar-refractivity contribution in [2.75, 3.05) is 37.5 Å². The zero-order valence-corrected chi connectivity index (χ0v) is 17.3. The molecule has 0 bridgehead atoms. The molecule has 0 atom stereocenters. The van der Waals surface area contributed by atoms with Crippen molar-refractivity contribution < 1.29 is 27.7 Å². The fourth-order valence-corrected chi connectivity index (χ4v) is 4.09. The number of rotatable bonds is 5. The van der Waals surface area contributed by atoms with Gasteiger partial charge in [0.2, 0.25) is 0 Å². The number of morpholine rings is 1. The van der Waals surface area contributed by atoms with Crippen molar-refractivity contribution in [1.82, 2.24) is 15.8 Å². The second-order valence-corrected chi connectivity index (χ2v) is 9.12. The van der Waals surface area contributed by atoms with Gasteiger partial charge in [-0.15, -0.1) is 11.3 Å². The van der Waals surface area contributed by atoms with Crippen molar-refractivity contribution in [3.05, 3.63) is 45.0 Å². The summed E-state index contributed by atoms with van der Waals surface area (Å²) in [7, 11) is -3.79. The van der Waals surface area contributed by atoms with Crippen molar-refractivity contribution in [3.8, 4) is 0 Å². The molecule has 30 heavy (non-hydrogen) atoms. The molecule has 0 aliphatic carbocycles. The summed E-state index contributed by atoms with van der Waals surface area (Å²) >= 11 is 1.27. The number of anilines is 1. The average molecular weight is 455 g/mol. The predicted octanol–water partition coefficient (Wildman–Crippen LogP) is 0.366. The zero-order chi connectivity index (χ0) is 21.9. The molecule has 2 aromatic rings.